The van der Waals surface area contributed by atoms with E-state index in [1.807, 2.05) is 7.05 Å². The average Bonchev–Trinajstić information content (AvgIpc) is 2.76. The topological polar surface area (TPSA) is 45.7 Å². The van der Waals surface area contributed by atoms with E-state index in [1.54, 1.807) is 0 Å². The Morgan fingerprint density at radius 3 is 2.80 bits per heavy atom. The Hall–Kier alpha value is -0.770. The van der Waals surface area contributed by atoms with Crippen LogP contribution in [0, 0.1) is 17.3 Å². The summed E-state index contributed by atoms with van der Waals surface area (Å²) < 4.78 is 5.97. The lowest BCUT2D eigenvalue weighted by molar-refractivity contribution is -0.171. The van der Waals surface area contributed by atoms with Gasteiger partial charge in [-0.05, 0) is 31.6 Å². The number of hydrogen-bond donors (Lipinski definition) is 2. The van der Waals surface area contributed by atoms with Crippen LogP contribution in [0.2, 0.25) is 0 Å². The number of guanidine groups is 1. The molecular formula is C16H29N3O. The quantitative estimate of drug-likeness (QED) is 0.612. The van der Waals surface area contributed by atoms with Gasteiger partial charge in [-0.25, -0.2) is 0 Å². The summed E-state index contributed by atoms with van der Waals surface area (Å²) in [6.07, 6.45) is 6.95. The molecule has 4 heteroatoms. The van der Waals surface area contributed by atoms with Crippen LogP contribution in [0.15, 0.2) is 4.99 Å². The highest BCUT2D eigenvalue weighted by atomic mass is 16.5. The first-order valence-electron chi connectivity index (χ1n) is 8.26. The van der Waals surface area contributed by atoms with Crippen LogP contribution < -0.4 is 10.6 Å². The van der Waals surface area contributed by atoms with Crippen LogP contribution in [0.1, 0.15) is 46.0 Å². The first-order valence-corrected chi connectivity index (χ1v) is 8.26. The summed E-state index contributed by atoms with van der Waals surface area (Å²) in [5, 5.41) is 7.16. The van der Waals surface area contributed by atoms with Gasteiger partial charge in [0.25, 0.3) is 0 Å². The van der Waals surface area contributed by atoms with E-state index in [9.17, 15) is 0 Å². The highest BCUT2D eigenvalue weighted by Crippen LogP contribution is 2.62. The van der Waals surface area contributed by atoms with Crippen LogP contribution in [0.4, 0.5) is 0 Å². The van der Waals surface area contributed by atoms with E-state index >= 15 is 0 Å². The lowest BCUT2D eigenvalue weighted by Gasteiger charge is -2.63. The predicted molar refractivity (Wildman–Crippen MR) is 81.9 cm³/mol. The standard InChI is InChI=1S/C16H29N3O/c1-11(2)5-9-18-15(17-3)19-13-12-6-10-20-14(12)16(13)7-4-8-16/h11-14H,4-10H2,1-3H3,(H2,17,18,19). The molecule has 20 heavy (non-hydrogen) atoms. The molecule has 0 amide bonds. The van der Waals surface area contributed by atoms with Crippen LogP contribution in [0.25, 0.3) is 0 Å². The maximum Gasteiger partial charge on any atom is 0.191 e. The van der Waals surface area contributed by atoms with Crippen LogP contribution >= 0.6 is 0 Å². The lowest BCUT2D eigenvalue weighted by Crippen LogP contribution is -2.72. The molecule has 0 bridgehead atoms. The van der Waals surface area contributed by atoms with Gasteiger partial charge in [0.15, 0.2) is 5.96 Å². The van der Waals surface area contributed by atoms with E-state index in [2.05, 4.69) is 29.5 Å². The molecule has 0 aromatic heterocycles. The Kier molecular flexibility index (Phi) is 3.93. The smallest absolute Gasteiger partial charge is 0.191 e. The molecule has 114 valence electrons. The zero-order valence-electron chi connectivity index (χ0n) is 13.1. The molecule has 0 aromatic rings. The van der Waals surface area contributed by atoms with Crippen molar-refractivity contribution in [2.45, 2.75) is 58.1 Å². The van der Waals surface area contributed by atoms with Crippen molar-refractivity contribution < 1.29 is 4.74 Å². The fraction of sp³-hybridized carbons (Fsp3) is 0.938. The predicted octanol–water partition coefficient (Wildman–Crippen LogP) is 2.16. The van der Waals surface area contributed by atoms with Crippen molar-refractivity contribution in [1.29, 1.82) is 0 Å². The van der Waals surface area contributed by atoms with Crippen molar-refractivity contribution in [3.05, 3.63) is 0 Å². The third kappa shape index (κ3) is 2.22. The number of nitrogens with zero attached hydrogens (tertiary/aromatic N) is 1. The molecule has 3 atom stereocenters. The summed E-state index contributed by atoms with van der Waals surface area (Å²) in [7, 11) is 1.87. The van der Waals surface area contributed by atoms with Gasteiger partial charge in [-0.15, -0.1) is 0 Å². The van der Waals surface area contributed by atoms with Crippen LogP contribution in [0.5, 0.6) is 0 Å². The number of hydrogen-bond acceptors (Lipinski definition) is 2. The van der Waals surface area contributed by atoms with Crippen molar-refractivity contribution in [1.82, 2.24) is 10.6 Å². The van der Waals surface area contributed by atoms with Crippen molar-refractivity contribution in [3.63, 3.8) is 0 Å². The number of ether oxygens (including phenoxy) is 1. The van der Waals surface area contributed by atoms with Crippen molar-refractivity contribution in [2.24, 2.45) is 22.2 Å². The van der Waals surface area contributed by atoms with Gasteiger partial charge in [0, 0.05) is 37.6 Å². The van der Waals surface area contributed by atoms with Crippen molar-refractivity contribution >= 4 is 5.96 Å². The highest BCUT2D eigenvalue weighted by Gasteiger charge is 2.66. The molecule has 3 rings (SSSR count). The van der Waals surface area contributed by atoms with Crippen LogP contribution in [-0.2, 0) is 4.74 Å². The van der Waals surface area contributed by atoms with Gasteiger partial charge in [-0.3, -0.25) is 4.99 Å². The minimum absolute atomic E-state index is 0.427. The second-order valence-electron chi connectivity index (χ2n) is 7.13. The maximum absolute atomic E-state index is 5.97. The van der Waals surface area contributed by atoms with Gasteiger partial charge >= 0.3 is 0 Å². The molecule has 0 radical (unpaired) electrons. The van der Waals surface area contributed by atoms with E-state index in [1.165, 1.54) is 32.1 Å². The lowest BCUT2D eigenvalue weighted by atomic mass is 9.46. The Morgan fingerprint density at radius 1 is 1.40 bits per heavy atom. The average molecular weight is 279 g/mol. The number of fused-ring (bicyclic) bond motifs is 2. The largest absolute Gasteiger partial charge is 0.377 e. The number of nitrogens with one attached hydrogen (secondary N) is 2. The molecule has 3 aliphatic rings. The summed E-state index contributed by atoms with van der Waals surface area (Å²) in [6, 6.07) is 0.578. The zero-order valence-corrected chi connectivity index (χ0v) is 13.1. The summed E-state index contributed by atoms with van der Waals surface area (Å²) in [4.78, 5) is 4.40. The van der Waals surface area contributed by atoms with E-state index in [4.69, 9.17) is 4.74 Å². The Labute approximate surface area is 122 Å². The summed E-state index contributed by atoms with van der Waals surface area (Å²) in [5.74, 6) is 2.42. The third-order valence-corrected chi connectivity index (χ3v) is 5.57. The number of aliphatic imine (C=N–C) groups is 1. The molecule has 3 fully saturated rings. The van der Waals surface area contributed by atoms with Gasteiger partial charge in [-0.2, -0.15) is 0 Å². The first-order chi connectivity index (χ1) is 9.67. The van der Waals surface area contributed by atoms with Gasteiger partial charge in [-0.1, -0.05) is 20.3 Å². The third-order valence-electron chi connectivity index (χ3n) is 5.57. The summed E-state index contributed by atoms with van der Waals surface area (Å²) in [5.41, 5.74) is 0.427. The van der Waals surface area contributed by atoms with Gasteiger partial charge < -0.3 is 15.4 Å². The van der Waals surface area contributed by atoms with E-state index in [0.717, 1.165) is 25.0 Å². The highest BCUT2D eigenvalue weighted by molar-refractivity contribution is 5.80. The van der Waals surface area contributed by atoms with E-state index < -0.39 is 0 Å². The minimum atomic E-state index is 0.427. The molecule has 2 aliphatic carbocycles. The first kappa shape index (κ1) is 14.2. The Morgan fingerprint density at radius 2 is 2.20 bits per heavy atom. The molecule has 2 N–H and O–H groups in total. The monoisotopic (exact) mass is 279 g/mol. The fourth-order valence-electron chi connectivity index (χ4n) is 4.28. The van der Waals surface area contributed by atoms with Crippen molar-refractivity contribution in [2.75, 3.05) is 20.2 Å². The minimum Gasteiger partial charge on any atom is -0.377 e. The molecular weight excluding hydrogens is 250 g/mol. The van der Waals surface area contributed by atoms with Crippen LogP contribution in [0.3, 0.4) is 0 Å². The molecule has 3 unspecified atom stereocenters. The van der Waals surface area contributed by atoms with Gasteiger partial charge in [0.2, 0.25) is 0 Å². The van der Waals surface area contributed by atoms with Gasteiger partial charge in [0.1, 0.15) is 0 Å². The molecule has 1 heterocycles. The molecule has 2 saturated carbocycles. The van der Waals surface area contributed by atoms with E-state index in [0.29, 0.717) is 23.5 Å². The zero-order chi connectivity index (χ0) is 14.2. The summed E-state index contributed by atoms with van der Waals surface area (Å²) >= 11 is 0. The van der Waals surface area contributed by atoms with Crippen molar-refractivity contribution in [3.8, 4) is 0 Å². The van der Waals surface area contributed by atoms with E-state index in [-0.39, 0.29) is 0 Å². The van der Waals surface area contributed by atoms with Gasteiger partial charge in [0.05, 0.1) is 6.10 Å². The Balaban J connectivity index is 1.56. The normalized spacial score (nSPS) is 34.6. The SMILES string of the molecule is CN=C(NCCC(C)C)NC1C2CCOC2C12CCC2. The molecule has 1 saturated heterocycles. The second kappa shape index (κ2) is 5.55. The molecule has 4 nitrogen and oxygen atoms in total. The number of rotatable bonds is 4. The Bertz CT molecular complexity index is 376. The van der Waals surface area contributed by atoms with Crippen LogP contribution in [-0.4, -0.2) is 38.3 Å². The fourth-order valence-corrected chi connectivity index (χ4v) is 4.28. The molecule has 1 spiro atoms. The maximum atomic E-state index is 5.97. The second-order valence-corrected chi connectivity index (χ2v) is 7.13. The summed E-state index contributed by atoms with van der Waals surface area (Å²) in [6.45, 7) is 6.47. The molecule has 1 aliphatic heterocycles. The molecule has 0 aromatic carbocycles.